The van der Waals surface area contributed by atoms with Crippen LogP contribution < -0.4 is 10.6 Å². The molecule has 0 bridgehead atoms. The Balaban J connectivity index is 1.70. The van der Waals surface area contributed by atoms with Crippen molar-refractivity contribution in [3.8, 4) is 10.1 Å². The van der Waals surface area contributed by atoms with Crippen molar-refractivity contribution in [1.29, 1.82) is 0 Å². The number of carbonyl (C=O) groups is 1. The maximum atomic E-state index is 12.8. The summed E-state index contributed by atoms with van der Waals surface area (Å²) in [4.78, 5) is 14.9. The van der Waals surface area contributed by atoms with Crippen molar-refractivity contribution < 1.29 is 4.79 Å². The first-order valence-corrected chi connectivity index (χ1v) is 11.8. The molecule has 2 aromatic heterocycles. The number of aromatic nitrogens is 2. The summed E-state index contributed by atoms with van der Waals surface area (Å²) in [6.07, 6.45) is 0. The quantitative estimate of drug-likeness (QED) is 0.307. The van der Waals surface area contributed by atoms with Crippen molar-refractivity contribution in [3.63, 3.8) is 0 Å². The van der Waals surface area contributed by atoms with Crippen LogP contribution >= 0.6 is 23.2 Å². The van der Waals surface area contributed by atoms with E-state index in [-0.39, 0.29) is 20.5 Å². The van der Waals surface area contributed by atoms with Crippen LogP contribution in [-0.4, -0.2) is 30.7 Å². The second-order valence-corrected chi connectivity index (χ2v) is 9.48. The molecule has 30 heavy (non-hydrogen) atoms. The number of rotatable bonds is 5. The fraction of sp³-hybridized carbons (Fsp3) is 0.0909. The van der Waals surface area contributed by atoms with Crippen molar-refractivity contribution in [2.24, 2.45) is 0 Å². The summed E-state index contributed by atoms with van der Waals surface area (Å²) < 4.78 is 1.22. The number of benzene rings is 2. The summed E-state index contributed by atoms with van der Waals surface area (Å²) >= 11 is 12.8. The van der Waals surface area contributed by atoms with Gasteiger partial charge in [0.2, 0.25) is 0 Å². The van der Waals surface area contributed by atoms with Crippen molar-refractivity contribution in [1.82, 2.24) is 15.5 Å². The Morgan fingerprint density at radius 2 is 1.90 bits per heavy atom. The van der Waals surface area contributed by atoms with Gasteiger partial charge in [-0.3, -0.25) is 0 Å². The summed E-state index contributed by atoms with van der Waals surface area (Å²) in [6.45, 7) is 2.00. The molecule has 2 amide bonds. The first-order valence-electron chi connectivity index (χ1n) is 9.19. The minimum absolute atomic E-state index is 0.264. The van der Waals surface area contributed by atoms with E-state index in [0.717, 1.165) is 16.8 Å². The van der Waals surface area contributed by atoms with Crippen LogP contribution in [0.5, 0.6) is 0 Å². The van der Waals surface area contributed by atoms with Gasteiger partial charge in [0, 0.05) is 0 Å². The first-order chi connectivity index (χ1) is 14.5. The number of anilines is 1. The number of nitrogens with one attached hydrogen (secondary N) is 3. The van der Waals surface area contributed by atoms with Crippen LogP contribution in [0.25, 0.3) is 10.1 Å². The Kier molecular flexibility index (Phi) is 6.30. The van der Waals surface area contributed by atoms with Crippen LogP contribution in [-0.2, 0) is 0 Å². The van der Waals surface area contributed by atoms with E-state index in [9.17, 15) is 4.79 Å². The van der Waals surface area contributed by atoms with E-state index >= 15 is 0 Å². The number of carbonyl (C=O) groups excluding carboxylic acids is 1. The Hall–Kier alpha value is -2.50. The Bertz CT molecular complexity index is 1160. The molecule has 1 unspecified atom stereocenters. The molecule has 5 nitrogen and oxygen atoms in total. The molecule has 2 aromatic carbocycles. The molecule has 152 valence electrons. The second-order valence-electron chi connectivity index (χ2n) is 6.65. The number of aromatic amines is 1. The molecule has 0 fully saturated rings. The molecular formula is C22H18Cl2N4OSe. The van der Waals surface area contributed by atoms with Crippen LogP contribution in [0.15, 0.2) is 65.6 Å². The molecule has 2 heterocycles. The third-order valence-corrected chi connectivity index (χ3v) is 7.09. The van der Waals surface area contributed by atoms with Crippen molar-refractivity contribution in [2.45, 2.75) is 13.0 Å². The standard InChI is InChI=1S/C22H18Cl2N4OSe/c1-13-19(18-8-5-11-30-18)27-28-20(13)21(16-10-9-14(23)12-17(16)24)26-22(29)25-15-6-3-2-4-7-15/h2-12,21H,1H3,(H,27,28)(H2,25,26,29). The number of urea groups is 1. The van der Waals surface area contributed by atoms with Gasteiger partial charge in [-0.05, 0) is 0 Å². The van der Waals surface area contributed by atoms with Crippen LogP contribution in [0, 0.1) is 6.92 Å². The van der Waals surface area contributed by atoms with Gasteiger partial charge in [0.1, 0.15) is 0 Å². The fourth-order valence-corrected chi connectivity index (χ4v) is 5.35. The van der Waals surface area contributed by atoms with Gasteiger partial charge in [-0.25, -0.2) is 0 Å². The summed E-state index contributed by atoms with van der Waals surface area (Å²) in [5, 5.41) is 14.5. The van der Waals surface area contributed by atoms with Gasteiger partial charge in [0.15, 0.2) is 0 Å². The number of nitrogens with zero attached hydrogens (tertiary/aromatic N) is 1. The summed E-state index contributed by atoms with van der Waals surface area (Å²) in [5.74, 6) is 0. The van der Waals surface area contributed by atoms with E-state index in [4.69, 9.17) is 23.2 Å². The number of hydrogen-bond donors (Lipinski definition) is 3. The number of H-pyrrole nitrogens is 1. The van der Waals surface area contributed by atoms with Gasteiger partial charge >= 0.3 is 191 Å². The molecule has 0 aliphatic heterocycles. The van der Waals surface area contributed by atoms with Crippen LogP contribution in [0.1, 0.15) is 22.9 Å². The molecule has 4 rings (SSSR count). The topological polar surface area (TPSA) is 69.8 Å². The molecule has 0 saturated heterocycles. The van der Waals surface area contributed by atoms with E-state index in [1.165, 1.54) is 4.44 Å². The fourth-order valence-electron chi connectivity index (χ4n) is 3.20. The molecule has 8 heteroatoms. The monoisotopic (exact) mass is 504 g/mol. The van der Waals surface area contributed by atoms with Gasteiger partial charge in [-0.15, -0.1) is 0 Å². The SMILES string of the molecule is Cc1c(C(NC(=O)Nc2ccccc2)c2ccc(Cl)cc2Cl)n[nH]c1-c1ccc[se]1. The molecule has 0 aliphatic rings. The zero-order valence-electron chi connectivity index (χ0n) is 15.9. The average molecular weight is 504 g/mol. The molecule has 0 aliphatic carbocycles. The van der Waals surface area contributed by atoms with Gasteiger partial charge in [0.05, 0.1) is 0 Å². The normalized spacial score (nSPS) is 11.8. The van der Waals surface area contributed by atoms with Crippen LogP contribution in [0.2, 0.25) is 10.0 Å². The number of hydrogen-bond acceptors (Lipinski definition) is 2. The van der Waals surface area contributed by atoms with E-state index in [1.54, 1.807) is 12.1 Å². The molecule has 0 radical (unpaired) electrons. The van der Waals surface area contributed by atoms with Gasteiger partial charge < -0.3 is 0 Å². The molecule has 3 N–H and O–H groups in total. The minimum atomic E-state index is -0.550. The summed E-state index contributed by atoms with van der Waals surface area (Å²) in [6, 6.07) is 17.7. The second kappa shape index (κ2) is 9.11. The zero-order chi connectivity index (χ0) is 21.1. The van der Waals surface area contributed by atoms with Crippen molar-refractivity contribution in [2.75, 3.05) is 5.32 Å². The number of para-hydroxylation sites is 1. The van der Waals surface area contributed by atoms with Gasteiger partial charge in [-0.2, -0.15) is 0 Å². The van der Waals surface area contributed by atoms with Crippen molar-refractivity contribution in [3.05, 3.63) is 92.5 Å². The van der Waals surface area contributed by atoms with E-state index in [0.29, 0.717) is 21.4 Å². The molecular weight excluding hydrogens is 486 g/mol. The third kappa shape index (κ3) is 4.47. The number of amides is 2. The van der Waals surface area contributed by atoms with Crippen LogP contribution in [0.4, 0.5) is 10.5 Å². The molecule has 0 saturated carbocycles. The summed E-state index contributed by atoms with van der Waals surface area (Å²) in [7, 11) is 0. The van der Waals surface area contributed by atoms with E-state index < -0.39 is 6.04 Å². The van der Waals surface area contributed by atoms with Crippen molar-refractivity contribution >= 4 is 49.4 Å². The average Bonchev–Trinajstić information content (AvgIpc) is 3.37. The summed E-state index contributed by atoms with van der Waals surface area (Å²) in [5.41, 5.74) is 4.08. The van der Waals surface area contributed by atoms with Gasteiger partial charge in [-0.1, -0.05) is 0 Å². The predicted octanol–water partition coefficient (Wildman–Crippen LogP) is 5.66. The Labute approximate surface area is 190 Å². The zero-order valence-corrected chi connectivity index (χ0v) is 19.2. The Morgan fingerprint density at radius 3 is 2.60 bits per heavy atom. The van der Waals surface area contributed by atoms with E-state index in [2.05, 4.69) is 31.8 Å². The Morgan fingerprint density at radius 1 is 1.10 bits per heavy atom. The number of halogens is 2. The molecule has 4 aromatic rings. The maximum absolute atomic E-state index is 12.8. The first kappa shape index (κ1) is 20.8. The predicted molar refractivity (Wildman–Crippen MR) is 123 cm³/mol. The third-order valence-electron chi connectivity index (χ3n) is 4.67. The molecule has 0 spiro atoms. The van der Waals surface area contributed by atoms with Crippen LogP contribution in [0.3, 0.4) is 0 Å². The molecule has 1 atom stereocenters. The van der Waals surface area contributed by atoms with E-state index in [1.807, 2.05) is 49.4 Å². The van der Waals surface area contributed by atoms with Gasteiger partial charge in [0.25, 0.3) is 0 Å².